The minimum atomic E-state index is -3.67. The highest BCUT2D eigenvalue weighted by atomic mass is 32.2. The fraction of sp³-hybridized carbons (Fsp3) is 1.00. The lowest BCUT2D eigenvalue weighted by Crippen LogP contribution is -2.01. The molecule has 0 fully saturated rings. The smallest absolute Gasteiger partial charge is 0.264 e. The number of hydrogen-bond acceptors (Lipinski definition) is 3. The third kappa shape index (κ3) is 22.5. The Morgan fingerprint density at radius 3 is 1.58 bits per heavy atom. The van der Waals surface area contributed by atoms with Crippen LogP contribution in [0.25, 0.3) is 0 Å². The summed E-state index contributed by atoms with van der Waals surface area (Å²) in [6.07, 6.45) is 0.471. The average molecular weight is 198 g/mol. The van der Waals surface area contributed by atoms with E-state index in [1.54, 1.807) is 6.92 Å². The summed E-state index contributed by atoms with van der Waals surface area (Å²) in [5, 5.41) is 0. The molecule has 1 N–H and O–H groups in total. The van der Waals surface area contributed by atoms with Crippen molar-refractivity contribution in [3.63, 3.8) is 0 Å². The van der Waals surface area contributed by atoms with Crippen LogP contribution in [-0.2, 0) is 14.9 Å². The maximum Gasteiger partial charge on any atom is 0.264 e. The van der Waals surface area contributed by atoms with E-state index in [9.17, 15) is 8.42 Å². The second-order valence-electron chi connectivity index (χ2n) is 2.07. The van der Waals surface area contributed by atoms with Gasteiger partial charge >= 0.3 is 0 Å². The van der Waals surface area contributed by atoms with Crippen LogP contribution in [-0.4, -0.2) is 31.9 Å². The van der Waals surface area contributed by atoms with Crippen LogP contribution in [0.2, 0.25) is 0 Å². The quantitative estimate of drug-likeness (QED) is 0.692. The van der Waals surface area contributed by atoms with E-state index in [0.717, 1.165) is 13.2 Å². The first kappa shape index (κ1) is 14.4. The summed E-state index contributed by atoms with van der Waals surface area (Å²) in [4.78, 5) is 0. The molecule has 0 saturated carbocycles. The second kappa shape index (κ2) is 8.96. The van der Waals surface area contributed by atoms with Crippen molar-refractivity contribution in [2.45, 2.75) is 27.2 Å². The summed E-state index contributed by atoms with van der Waals surface area (Å²) in [7, 11) is -3.67. The standard InChI is InChI=1S/C4H10O.C3H8O3S/c1-3-5-4-2;1-2-3-7(4,5)6/h3-4H2,1-2H3;2-3H2,1H3,(H,4,5,6). The van der Waals surface area contributed by atoms with Crippen LogP contribution in [0.1, 0.15) is 27.2 Å². The van der Waals surface area contributed by atoms with Gasteiger partial charge in [0.1, 0.15) is 0 Å². The van der Waals surface area contributed by atoms with Crippen LogP contribution in [0.5, 0.6) is 0 Å². The van der Waals surface area contributed by atoms with E-state index in [4.69, 9.17) is 9.29 Å². The Kier molecular flexibility index (Phi) is 10.8. The van der Waals surface area contributed by atoms with Crippen molar-refractivity contribution in [3.05, 3.63) is 0 Å². The van der Waals surface area contributed by atoms with Crippen molar-refractivity contribution >= 4 is 10.1 Å². The summed E-state index contributed by atoms with van der Waals surface area (Å²) in [5.41, 5.74) is 0. The molecule has 0 aliphatic heterocycles. The molecule has 4 nitrogen and oxygen atoms in total. The molecule has 76 valence electrons. The molecule has 0 aliphatic carbocycles. The molecule has 0 saturated heterocycles. The summed E-state index contributed by atoms with van der Waals surface area (Å²) in [6, 6.07) is 0. The van der Waals surface area contributed by atoms with Crippen molar-refractivity contribution in [3.8, 4) is 0 Å². The van der Waals surface area contributed by atoms with Gasteiger partial charge in [0.2, 0.25) is 0 Å². The van der Waals surface area contributed by atoms with Crippen molar-refractivity contribution in [2.24, 2.45) is 0 Å². The monoisotopic (exact) mass is 198 g/mol. The molecule has 0 unspecified atom stereocenters. The molecule has 0 heterocycles. The van der Waals surface area contributed by atoms with Gasteiger partial charge in [-0.1, -0.05) is 6.92 Å². The molecule has 0 aromatic carbocycles. The van der Waals surface area contributed by atoms with Crippen molar-refractivity contribution in [1.29, 1.82) is 0 Å². The zero-order valence-electron chi connectivity index (χ0n) is 7.91. The van der Waals surface area contributed by atoms with Crippen LogP contribution in [0.3, 0.4) is 0 Å². The molecular weight excluding hydrogens is 180 g/mol. The molecule has 0 spiro atoms. The predicted molar refractivity (Wildman–Crippen MR) is 48.9 cm³/mol. The van der Waals surface area contributed by atoms with E-state index >= 15 is 0 Å². The van der Waals surface area contributed by atoms with Gasteiger partial charge in [0.25, 0.3) is 10.1 Å². The highest BCUT2D eigenvalue weighted by Gasteiger charge is 1.98. The number of hydrogen-bond donors (Lipinski definition) is 1. The van der Waals surface area contributed by atoms with Gasteiger partial charge in [0, 0.05) is 13.2 Å². The van der Waals surface area contributed by atoms with Gasteiger partial charge in [-0.2, -0.15) is 8.42 Å². The first-order valence-electron chi connectivity index (χ1n) is 4.00. The van der Waals surface area contributed by atoms with E-state index in [1.165, 1.54) is 0 Å². The molecule has 0 rings (SSSR count). The molecular formula is C7H18O4S. The highest BCUT2D eigenvalue weighted by Crippen LogP contribution is 1.83. The lowest BCUT2D eigenvalue weighted by molar-refractivity contribution is 0.162. The lowest BCUT2D eigenvalue weighted by atomic mass is 10.6. The maximum atomic E-state index is 9.79. The first-order valence-corrected chi connectivity index (χ1v) is 5.61. The average Bonchev–Trinajstić information content (AvgIpc) is 1.87. The molecule has 0 aromatic rings. The third-order valence-electron chi connectivity index (χ3n) is 0.870. The largest absolute Gasteiger partial charge is 0.382 e. The van der Waals surface area contributed by atoms with E-state index in [2.05, 4.69) is 0 Å². The Morgan fingerprint density at radius 1 is 1.17 bits per heavy atom. The Labute approximate surface area is 74.7 Å². The molecule has 0 bridgehead atoms. The summed E-state index contributed by atoms with van der Waals surface area (Å²) in [6.45, 7) is 7.35. The molecule has 0 aliphatic rings. The van der Waals surface area contributed by atoms with Crippen LogP contribution < -0.4 is 0 Å². The summed E-state index contributed by atoms with van der Waals surface area (Å²) < 4.78 is 32.4. The van der Waals surface area contributed by atoms with Gasteiger partial charge in [-0.15, -0.1) is 0 Å². The Bertz CT molecular complexity index is 160. The van der Waals surface area contributed by atoms with Gasteiger partial charge in [-0.3, -0.25) is 4.55 Å². The van der Waals surface area contributed by atoms with Gasteiger partial charge in [-0.25, -0.2) is 0 Å². The van der Waals surface area contributed by atoms with E-state index < -0.39 is 10.1 Å². The van der Waals surface area contributed by atoms with Crippen molar-refractivity contribution in [1.82, 2.24) is 0 Å². The van der Waals surface area contributed by atoms with Crippen LogP contribution >= 0.6 is 0 Å². The number of rotatable bonds is 4. The molecule has 5 heteroatoms. The van der Waals surface area contributed by atoms with Crippen LogP contribution in [0.15, 0.2) is 0 Å². The van der Waals surface area contributed by atoms with Crippen molar-refractivity contribution in [2.75, 3.05) is 19.0 Å². The van der Waals surface area contributed by atoms with Crippen LogP contribution in [0, 0.1) is 0 Å². The predicted octanol–water partition coefficient (Wildman–Crippen LogP) is 1.33. The fourth-order valence-corrected chi connectivity index (χ4v) is 0.978. The third-order valence-corrected chi connectivity index (χ3v) is 1.79. The molecule has 12 heavy (non-hydrogen) atoms. The topological polar surface area (TPSA) is 63.6 Å². The first-order chi connectivity index (χ1) is 5.47. The van der Waals surface area contributed by atoms with E-state index in [-0.39, 0.29) is 5.75 Å². The Balaban J connectivity index is 0. The fourth-order valence-electron chi connectivity index (χ4n) is 0.462. The van der Waals surface area contributed by atoms with Crippen LogP contribution in [0.4, 0.5) is 0 Å². The molecule has 0 atom stereocenters. The molecule has 0 aromatic heterocycles. The molecule has 0 radical (unpaired) electrons. The minimum absolute atomic E-state index is 0.132. The summed E-state index contributed by atoms with van der Waals surface area (Å²) >= 11 is 0. The molecule has 0 amide bonds. The van der Waals surface area contributed by atoms with E-state index in [1.807, 2.05) is 13.8 Å². The Hall–Kier alpha value is -0.130. The zero-order valence-corrected chi connectivity index (χ0v) is 8.73. The van der Waals surface area contributed by atoms with Gasteiger partial charge in [0.05, 0.1) is 5.75 Å². The lowest BCUT2D eigenvalue weighted by Gasteiger charge is -1.86. The second-order valence-corrected chi connectivity index (χ2v) is 3.64. The normalized spacial score (nSPS) is 10.3. The van der Waals surface area contributed by atoms with Gasteiger partial charge in [-0.05, 0) is 20.3 Å². The van der Waals surface area contributed by atoms with Crippen molar-refractivity contribution < 1.29 is 17.7 Å². The number of ether oxygens (including phenoxy) is 1. The maximum absolute atomic E-state index is 9.79. The Morgan fingerprint density at radius 2 is 1.58 bits per heavy atom. The van der Waals surface area contributed by atoms with Gasteiger partial charge < -0.3 is 4.74 Å². The summed E-state index contributed by atoms with van der Waals surface area (Å²) in [5.74, 6) is -0.132. The van der Waals surface area contributed by atoms with Gasteiger partial charge in [0.15, 0.2) is 0 Å². The van der Waals surface area contributed by atoms with E-state index in [0.29, 0.717) is 6.42 Å². The highest BCUT2D eigenvalue weighted by molar-refractivity contribution is 7.85. The minimum Gasteiger partial charge on any atom is -0.382 e. The zero-order chi connectivity index (χ0) is 10.0. The SMILES string of the molecule is CCCS(=O)(=O)O.CCOCC.